The van der Waals surface area contributed by atoms with Crippen LogP contribution in [0.1, 0.15) is 47.0 Å². The minimum Gasteiger partial charge on any atom is -0.466 e. The van der Waals surface area contributed by atoms with Crippen LogP contribution in [-0.4, -0.2) is 73.1 Å². The Morgan fingerprint density at radius 3 is 2.31 bits per heavy atom. The van der Waals surface area contributed by atoms with E-state index in [2.05, 4.69) is 4.74 Å². The normalized spacial score (nSPS) is 20.9. The predicted octanol–water partition coefficient (Wildman–Crippen LogP) is 2.40. The zero-order valence-electron chi connectivity index (χ0n) is 17.4. The monoisotopic (exact) mass is 426 g/mol. The molecule has 1 rings (SSSR count). The number of alkyl halides is 3. The van der Waals surface area contributed by atoms with E-state index >= 15 is 0 Å². The molecule has 0 aliphatic carbocycles. The van der Waals surface area contributed by atoms with Crippen LogP contribution in [0.15, 0.2) is 0 Å². The molecule has 0 spiro atoms. The van der Waals surface area contributed by atoms with Gasteiger partial charge in [-0.15, -0.1) is 0 Å². The molecule has 0 aromatic rings. The van der Waals surface area contributed by atoms with Crippen molar-refractivity contribution in [2.75, 3.05) is 26.9 Å². The van der Waals surface area contributed by atoms with Gasteiger partial charge in [0.15, 0.2) is 0 Å². The maximum absolute atomic E-state index is 13.4. The summed E-state index contributed by atoms with van der Waals surface area (Å²) in [6, 6.07) is -2.45. The van der Waals surface area contributed by atoms with Crippen molar-refractivity contribution in [2.45, 2.75) is 70.3 Å². The van der Waals surface area contributed by atoms with Crippen LogP contribution in [0.4, 0.5) is 18.0 Å². The SMILES string of the molecule is CCOC(=O)CC(NC(=O)C1(COC)CCCN1C(=O)OC(C)(C)C)C(F)(F)F. The molecule has 0 bridgehead atoms. The highest BCUT2D eigenvalue weighted by Gasteiger charge is 2.53. The zero-order chi connectivity index (χ0) is 22.5. The average molecular weight is 426 g/mol. The average Bonchev–Trinajstić information content (AvgIpc) is 2.97. The van der Waals surface area contributed by atoms with Crippen molar-refractivity contribution >= 4 is 18.0 Å². The lowest BCUT2D eigenvalue weighted by molar-refractivity contribution is -0.174. The number of hydrogen-bond acceptors (Lipinski definition) is 6. The summed E-state index contributed by atoms with van der Waals surface area (Å²) in [6.45, 7) is 6.10. The summed E-state index contributed by atoms with van der Waals surface area (Å²) in [6.07, 6.45) is -6.30. The Kier molecular flexibility index (Phi) is 8.31. The highest BCUT2D eigenvalue weighted by molar-refractivity contribution is 5.91. The summed E-state index contributed by atoms with van der Waals surface area (Å²) >= 11 is 0. The second kappa shape index (κ2) is 9.64. The highest BCUT2D eigenvalue weighted by Crippen LogP contribution is 2.33. The molecule has 1 aliphatic heterocycles. The summed E-state index contributed by atoms with van der Waals surface area (Å²) < 4.78 is 55.1. The first-order valence-electron chi connectivity index (χ1n) is 9.29. The van der Waals surface area contributed by atoms with E-state index in [-0.39, 0.29) is 26.2 Å². The molecule has 29 heavy (non-hydrogen) atoms. The number of halogens is 3. The van der Waals surface area contributed by atoms with Gasteiger partial charge < -0.3 is 19.5 Å². The number of carbonyl (C=O) groups excluding carboxylic acids is 3. The third kappa shape index (κ3) is 6.76. The van der Waals surface area contributed by atoms with Crippen LogP contribution in [0, 0.1) is 0 Å². The predicted molar refractivity (Wildman–Crippen MR) is 96.0 cm³/mol. The van der Waals surface area contributed by atoms with Crippen LogP contribution in [0.25, 0.3) is 0 Å². The molecular weight excluding hydrogens is 397 g/mol. The lowest BCUT2D eigenvalue weighted by atomic mass is 9.95. The third-order valence-corrected chi connectivity index (χ3v) is 4.28. The molecule has 0 aromatic heterocycles. The standard InChI is InChI=1S/C18H29F3N2O6/c1-6-28-13(24)10-12(18(19,20)21)22-14(25)17(11-27-5)8-7-9-23(17)15(26)29-16(2,3)4/h12H,6-11H2,1-5H3,(H,22,25). The maximum Gasteiger partial charge on any atom is 0.411 e. The Balaban J connectivity index is 3.12. The summed E-state index contributed by atoms with van der Waals surface area (Å²) in [5, 5.41) is 1.87. The Morgan fingerprint density at radius 1 is 1.21 bits per heavy atom. The van der Waals surface area contributed by atoms with E-state index in [1.165, 1.54) is 14.0 Å². The quantitative estimate of drug-likeness (QED) is 0.629. The van der Waals surface area contributed by atoms with Crippen molar-refractivity contribution < 1.29 is 41.8 Å². The Bertz CT molecular complexity index is 605. The lowest BCUT2D eigenvalue weighted by Gasteiger charge is -2.38. The van der Waals surface area contributed by atoms with Crippen LogP contribution >= 0.6 is 0 Å². The molecule has 8 nitrogen and oxygen atoms in total. The van der Waals surface area contributed by atoms with Crippen LogP contribution in [0.5, 0.6) is 0 Å². The minimum absolute atomic E-state index is 0.0859. The molecule has 1 aliphatic rings. The van der Waals surface area contributed by atoms with E-state index in [1.54, 1.807) is 20.8 Å². The number of likely N-dealkylation sites (tertiary alicyclic amines) is 1. The van der Waals surface area contributed by atoms with Gasteiger partial charge in [-0.25, -0.2) is 4.79 Å². The van der Waals surface area contributed by atoms with Gasteiger partial charge >= 0.3 is 18.2 Å². The number of methoxy groups -OCH3 is 1. The van der Waals surface area contributed by atoms with E-state index < -0.39 is 47.7 Å². The van der Waals surface area contributed by atoms with Gasteiger partial charge in [-0.3, -0.25) is 14.5 Å². The first-order chi connectivity index (χ1) is 13.3. The van der Waals surface area contributed by atoms with Crippen LogP contribution < -0.4 is 5.32 Å². The van der Waals surface area contributed by atoms with Gasteiger partial charge in [-0.05, 0) is 40.5 Å². The minimum atomic E-state index is -4.88. The molecule has 1 heterocycles. The first-order valence-corrected chi connectivity index (χ1v) is 9.29. The van der Waals surface area contributed by atoms with Gasteiger partial charge in [0.2, 0.25) is 5.91 Å². The lowest BCUT2D eigenvalue weighted by Crippen LogP contribution is -2.63. The molecular formula is C18H29F3N2O6. The van der Waals surface area contributed by atoms with E-state index in [9.17, 15) is 27.6 Å². The van der Waals surface area contributed by atoms with Gasteiger partial charge in [-0.2, -0.15) is 13.2 Å². The van der Waals surface area contributed by atoms with Crippen molar-refractivity contribution in [3.63, 3.8) is 0 Å². The number of hydrogen-bond donors (Lipinski definition) is 1. The summed E-state index contributed by atoms with van der Waals surface area (Å²) in [4.78, 5) is 38.2. The molecule has 1 N–H and O–H groups in total. The van der Waals surface area contributed by atoms with Crippen LogP contribution in [0.3, 0.4) is 0 Å². The molecule has 2 amide bonds. The molecule has 0 aromatic carbocycles. The Labute approximate surface area is 168 Å². The fourth-order valence-electron chi connectivity index (χ4n) is 3.08. The number of esters is 1. The molecule has 11 heteroatoms. The third-order valence-electron chi connectivity index (χ3n) is 4.28. The van der Waals surface area contributed by atoms with Crippen molar-refractivity contribution in [2.24, 2.45) is 0 Å². The zero-order valence-corrected chi connectivity index (χ0v) is 17.4. The van der Waals surface area contributed by atoms with Gasteiger partial charge in [0.05, 0.1) is 19.6 Å². The van der Waals surface area contributed by atoms with Gasteiger partial charge in [-0.1, -0.05) is 0 Å². The Morgan fingerprint density at radius 2 is 1.83 bits per heavy atom. The highest BCUT2D eigenvalue weighted by atomic mass is 19.4. The molecule has 2 atom stereocenters. The number of rotatable bonds is 7. The van der Waals surface area contributed by atoms with Crippen molar-refractivity contribution in [1.82, 2.24) is 10.2 Å². The van der Waals surface area contributed by atoms with E-state index in [1.807, 2.05) is 5.32 Å². The number of amides is 2. The molecule has 168 valence electrons. The Hall–Kier alpha value is -2.04. The molecule has 2 unspecified atom stereocenters. The number of nitrogens with zero attached hydrogens (tertiary/aromatic N) is 1. The van der Waals surface area contributed by atoms with Crippen molar-refractivity contribution in [3.05, 3.63) is 0 Å². The summed E-state index contributed by atoms with van der Waals surface area (Å²) in [7, 11) is 1.28. The molecule has 0 radical (unpaired) electrons. The van der Waals surface area contributed by atoms with Gasteiger partial charge in [0.1, 0.15) is 17.2 Å². The summed E-state index contributed by atoms with van der Waals surface area (Å²) in [5.74, 6) is -2.15. The second-order valence-corrected chi connectivity index (χ2v) is 7.78. The first kappa shape index (κ1) is 25.0. The van der Waals surface area contributed by atoms with E-state index in [4.69, 9.17) is 9.47 Å². The topological polar surface area (TPSA) is 94.2 Å². The van der Waals surface area contributed by atoms with E-state index in [0.29, 0.717) is 6.42 Å². The van der Waals surface area contributed by atoms with Crippen LogP contribution in [-0.2, 0) is 23.8 Å². The number of ether oxygens (including phenoxy) is 3. The van der Waals surface area contributed by atoms with Crippen molar-refractivity contribution in [1.29, 1.82) is 0 Å². The second-order valence-electron chi connectivity index (χ2n) is 7.78. The molecule has 1 fully saturated rings. The fourth-order valence-corrected chi connectivity index (χ4v) is 3.08. The van der Waals surface area contributed by atoms with Crippen LogP contribution in [0.2, 0.25) is 0 Å². The fraction of sp³-hybridized carbons (Fsp3) is 0.833. The summed E-state index contributed by atoms with van der Waals surface area (Å²) in [5.41, 5.74) is -2.53. The smallest absolute Gasteiger partial charge is 0.411 e. The number of carbonyl (C=O) groups is 3. The van der Waals surface area contributed by atoms with Gasteiger partial charge in [0.25, 0.3) is 0 Å². The maximum atomic E-state index is 13.4. The van der Waals surface area contributed by atoms with Gasteiger partial charge in [0, 0.05) is 13.7 Å². The van der Waals surface area contributed by atoms with Crippen molar-refractivity contribution in [3.8, 4) is 0 Å². The number of nitrogens with one attached hydrogen (secondary N) is 1. The van der Waals surface area contributed by atoms with E-state index in [0.717, 1.165) is 4.90 Å². The molecule has 1 saturated heterocycles. The molecule has 0 saturated carbocycles. The largest absolute Gasteiger partial charge is 0.466 e.